The van der Waals surface area contributed by atoms with Crippen molar-refractivity contribution in [2.75, 3.05) is 12.4 Å². The van der Waals surface area contributed by atoms with Crippen LogP contribution in [0, 0.1) is 0 Å². The Kier molecular flexibility index (Phi) is 6.84. The second-order valence-corrected chi connectivity index (χ2v) is 7.46. The summed E-state index contributed by atoms with van der Waals surface area (Å²) in [4.78, 5) is 16.9. The number of para-hydroxylation sites is 2. The van der Waals surface area contributed by atoms with Gasteiger partial charge in [-0.25, -0.2) is 4.98 Å². The first-order valence-electron chi connectivity index (χ1n) is 9.68. The molecule has 4 rings (SSSR count). The van der Waals surface area contributed by atoms with Gasteiger partial charge in [0.05, 0.1) is 12.8 Å². The van der Waals surface area contributed by atoms with Gasteiger partial charge >= 0.3 is 6.61 Å². The van der Waals surface area contributed by atoms with Crippen molar-refractivity contribution in [2.45, 2.75) is 13.2 Å². The highest BCUT2D eigenvalue weighted by molar-refractivity contribution is 7.14. The van der Waals surface area contributed by atoms with E-state index in [1.807, 2.05) is 12.1 Å². The second-order valence-electron chi connectivity index (χ2n) is 6.60. The molecule has 0 aliphatic carbocycles. The largest absolute Gasteiger partial charge is 0.493 e. The van der Waals surface area contributed by atoms with Crippen LogP contribution in [0.1, 0.15) is 16.3 Å². The van der Waals surface area contributed by atoms with Crippen molar-refractivity contribution in [1.29, 1.82) is 0 Å². The Morgan fingerprint density at radius 3 is 2.58 bits per heavy atom. The first kappa shape index (κ1) is 22.3. The number of ether oxygens (including phenoxy) is 3. The Balaban J connectivity index is 1.35. The average Bonchev–Trinajstić information content (AvgIpc) is 3.48. The number of halogens is 2. The Labute approximate surface area is 191 Å². The molecule has 4 aromatic rings. The number of alkyl halides is 2. The lowest BCUT2D eigenvalue weighted by Crippen LogP contribution is -2.10. The highest BCUT2D eigenvalue weighted by atomic mass is 32.1. The van der Waals surface area contributed by atoms with Crippen LogP contribution in [0.15, 0.2) is 70.5 Å². The van der Waals surface area contributed by atoms with Gasteiger partial charge in [0.25, 0.3) is 5.91 Å². The molecule has 0 spiro atoms. The fraction of sp³-hybridized carbons (Fsp3) is 0.130. The summed E-state index contributed by atoms with van der Waals surface area (Å²) in [6.07, 6.45) is 0. The summed E-state index contributed by atoms with van der Waals surface area (Å²) in [5.74, 6) is 1.33. The number of amides is 1. The van der Waals surface area contributed by atoms with E-state index < -0.39 is 12.5 Å². The van der Waals surface area contributed by atoms with Crippen molar-refractivity contribution < 1.29 is 32.2 Å². The molecule has 0 unspecified atom stereocenters. The zero-order chi connectivity index (χ0) is 23.2. The number of furan rings is 1. The topological polar surface area (TPSA) is 82.8 Å². The number of nitrogens with one attached hydrogen (secondary N) is 1. The number of benzene rings is 2. The first-order chi connectivity index (χ1) is 16.0. The molecule has 1 N–H and O–H groups in total. The van der Waals surface area contributed by atoms with E-state index in [4.69, 9.17) is 13.9 Å². The fourth-order valence-electron chi connectivity index (χ4n) is 2.89. The molecule has 0 atom stereocenters. The molecule has 0 bridgehead atoms. The maximum Gasteiger partial charge on any atom is 0.387 e. The van der Waals surface area contributed by atoms with E-state index in [1.165, 1.54) is 23.5 Å². The Hall–Kier alpha value is -3.92. The Morgan fingerprint density at radius 2 is 1.85 bits per heavy atom. The molecule has 0 aliphatic heterocycles. The minimum atomic E-state index is -2.88. The van der Waals surface area contributed by atoms with Gasteiger partial charge in [-0.3, -0.25) is 10.1 Å². The van der Waals surface area contributed by atoms with Gasteiger partial charge in [-0.2, -0.15) is 8.78 Å². The lowest BCUT2D eigenvalue weighted by atomic mass is 10.2. The van der Waals surface area contributed by atoms with Crippen molar-refractivity contribution in [2.24, 2.45) is 0 Å². The summed E-state index contributed by atoms with van der Waals surface area (Å²) in [5, 5.41) is 4.79. The summed E-state index contributed by atoms with van der Waals surface area (Å²) in [6, 6.07) is 16.5. The van der Waals surface area contributed by atoms with Crippen LogP contribution in [-0.2, 0) is 6.61 Å². The average molecular weight is 472 g/mol. The number of hydrogen-bond acceptors (Lipinski definition) is 7. The zero-order valence-corrected chi connectivity index (χ0v) is 18.1. The van der Waals surface area contributed by atoms with Gasteiger partial charge in [0.15, 0.2) is 22.4 Å². The second kappa shape index (κ2) is 10.1. The molecule has 2 heterocycles. The first-order valence-corrected chi connectivity index (χ1v) is 10.6. The molecular formula is C23H18F2N2O5S. The summed E-state index contributed by atoms with van der Waals surface area (Å²) in [7, 11) is 1.55. The minimum Gasteiger partial charge on any atom is -0.493 e. The van der Waals surface area contributed by atoms with Gasteiger partial charge < -0.3 is 18.6 Å². The van der Waals surface area contributed by atoms with Gasteiger partial charge in [0, 0.05) is 10.9 Å². The smallest absolute Gasteiger partial charge is 0.387 e. The van der Waals surface area contributed by atoms with Gasteiger partial charge in [0.2, 0.25) is 0 Å². The number of carbonyl (C=O) groups is 1. The van der Waals surface area contributed by atoms with Crippen LogP contribution in [0.4, 0.5) is 13.9 Å². The highest BCUT2D eigenvalue weighted by Gasteiger charge is 2.15. The molecule has 170 valence electrons. The SMILES string of the molecule is COc1ccccc1OCc1ccc(C(=O)Nc2nc(-c3ccc(OC(F)F)cc3)cs2)o1. The number of thiazole rings is 1. The standard InChI is InChI=1S/C23H18F2N2O5S/c1-29-18-4-2-3-5-19(18)30-12-16-10-11-20(31-16)21(28)27-23-26-17(13-33-23)14-6-8-15(9-7-14)32-22(24)25/h2-11,13,22H,12H2,1H3,(H,26,27,28). The number of anilines is 1. The molecule has 7 nitrogen and oxygen atoms in total. The third-order valence-electron chi connectivity index (χ3n) is 4.42. The maximum absolute atomic E-state index is 12.5. The lowest BCUT2D eigenvalue weighted by Gasteiger charge is -2.08. The van der Waals surface area contributed by atoms with Crippen LogP contribution < -0.4 is 19.5 Å². The number of nitrogens with zero attached hydrogens (tertiary/aromatic N) is 1. The number of methoxy groups -OCH3 is 1. The van der Waals surface area contributed by atoms with Crippen LogP contribution in [0.5, 0.6) is 17.2 Å². The summed E-state index contributed by atoms with van der Waals surface area (Å²) >= 11 is 1.23. The Morgan fingerprint density at radius 1 is 1.09 bits per heavy atom. The van der Waals surface area contributed by atoms with E-state index in [-0.39, 0.29) is 18.1 Å². The molecule has 33 heavy (non-hydrogen) atoms. The molecule has 2 aromatic heterocycles. The molecule has 10 heteroatoms. The molecular weight excluding hydrogens is 454 g/mol. The van der Waals surface area contributed by atoms with Gasteiger partial charge in [-0.1, -0.05) is 12.1 Å². The monoisotopic (exact) mass is 472 g/mol. The zero-order valence-electron chi connectivity index (χ0n) is 17.3. The molecule has 1 amide bonds. The van der Waals surface area contributed by atoms with Crippen LogP contribution in [0.3, 0.4) is 0 Å². The highest BCUT2D eigenvalue weighted by Crippen LogP contribution is 2.28. The molecule has 2 aromatic carbocycles. The van der Waals surface area contributed by atoms with E-state index in [1.54, 1.807) is 48.9 Å². The minimum absolute atomic E-state index is 0.0563. The van der Waals surface area contributed by atoms with Gasteiger partial charge in [0.1, 0.15) is 18.1 Å². The van der Waals surface area contributed by atoms with Gasteiger partial charge in [-0.15, -0.1) is 11.3 Å². The molecule has 0 saturated carbocycles. The molecule has 0 aliphatic rings. The van der Waals surface area contributed by atoms with Crippen molar-refractivity contribution >= 4 is 22.4 Å². The lowest BCUT2D eigenvalue weighted by molar-refractivity contribution is -0.0498. The van der Waals surface area contributed by atoms with E-state index in [0.29, 0.717) is 33.6 Å². The van der Waals surface area contributed by atoms with E-state index in [2.05, 4.69) is 15.0 Å². The van der Waals surface area contributed by atoms with E-state index in [0.717, 1.165) is 0 Å². The number of aromatic nitrogens is 1. The molecule has 0 radical (unpaired) electrons. The van der Waals surface area contributed by atoms with Crippen LogP contribution in [0.2, 0.25) is 0 Å². The van der Waals surface area contributed by atoms with Crippen molar-refractivity contribution in [3.8, 4) is 28.5 Å². The third kappa shape index (κ3) is 5.66. The normalized spacial score (nSPS) is 10.8. The number of rotatable bonds is 9. The predicted octanol–water partition coefficient (Wildman–Crippen LogP) is 5.84. The summed E-state index contributed by atoms with van der Waals surface area (Å²) in [6.45, 7) is -2.76. The van der Waals surface area contributed by atoms with E-state index >= 15 is 0 Å². The van der Waals surface area contributed by atoms with E-state index in [9.17, 15) is 13.6 Å². The number of carbonyl (C=O) groups excluding carboxylic acids is 1. The van der Waals surface area contributed by atoms with Crippen LogP contribution in [0.25, 0.3) is 11.3 Å². The summed E-state index contributed by atoms with van der Waals surface area (Å²) in [5.41, 5.74) is 1.28. The van der Waals surface area contributed by atoms with Gasteiger partial charge in [-0.05, 0) is 48.5 Å². The molecule has 0 saturated heterocycles. The Bertz CT molecular complexity index is 1220. The summed E-state index contributed by atoms with van der Waals surface area (Å²) < 4.78 is 45.4. The van der Waals surface area contributed by atoms with Crippen molar-refractivity contribution in [3.05, 3.63) is 77.6 Å². The maximum atomic E-state index is 12.5. The van der Waals surface area contributed by atoms with Crippen LogP contribution in [-0.4, -0.2) is 24.6 Å². The fourth-order valence-corrected chi connectivity index (χ4v) is 3.61. The quantitative estimate of drug-likeness (QED) is 0.329. The predicted molar refractivity (Wildman–Crippen MR) is 118 cm³/mol. The third-order valence-corrected chi connectivity index (χ3v) is 5.18. The number of hydrogen-bond donors (Lipinski definition) is 1. The van der Waals surface area contributed by atoms with Crippen LogP contribution >= 0.6 is 11.3 Å². The molecule has 0 fully saturated rings. The van der Waals surface area contributed by atoms with Crippen molar-refractivity contribution in [3.63, 3.8) is 0 Å². The van der Waals surface area contributed by atoms with Crippen molar-refractivity contribution in [1.82, 2.24) is 4.98 Å².